The highest BCUT2D eigenvalue weighted by Gasteiger charge is 2.58. The first-order valence-electron chi connectivity index (χ1n) is 35.0. The third-order valence-corrected chi connectivity index (χ3v) is 20.3. The lowest BCUT2D eigenvalue weighted by molar-refractivity contribution is -0.133. The standard InChI is InChI=1S/C80H85N7O15/c1-48(2)62(37-61(89)43-82-73(91)28-26-60(88)27-29-74(92)85-44-56-14-8-7-12-52(56)21-22-54-13-9-10-15-65(54)85)75(93)83-50(4)68(90)34-51-18-24-58(81-42-51)46-102-79(97)87-66-40-72(70(99-6)39-64(66)77(95)86-47-80(30-31-80)41-67(86)78(87)96)101-33-11-32-100-71-36-55-23-25-59-35-57(53-19-16-49(3)17-20-53)45-84(59)76(94)63(55)38-69(71)98-5/h7-10,12-20,24,36,38-40,42,45,48,50,59,62,67,78,96H,11,23,25-35,37,41,43-44,46-47H2,1-6H3,(H,82,91)(H,83,93)/t50-,59+,62-,67-,78?/m0/s1. The Morgan fingerprint density at radius 3 is 2.16 bits per heavy atom. The fraction of sp³-hybridized carbons (Fsp3) is 0.400. The van der Waals surface area contributed by atoms with E-state index < -0.39 is 47.9 Å². The summed E-state index contributed by atoms with van der Waals surface area (Å²) in [7, 11) is 2.98. The van der Waals surface area contributed by atoms with Crippen molar-refractivity contribution < 1.29 is 71.9 Å². The van der Waals surface area contributed by atoms with E-state index in [1.807, 2.05) is 65.7 Å². The number of carbonyl (C=O) groups is 9. The van der Waals surface area contributed by atoms with Crippen molar-refractivity contribution in [3.05, 3.63) is 177 Å². The molecule has 6 heterocycles. The van der Waals surface area contributed by atoms with Crippen molar-refractivity contribution >= 4 is 69.9 Å². The number of nitrogens with zero attached hydrogens (tertiary/aromatic N) is 5. The van der Waals surface area contributed by atoms with Crippen molar-refractivity contribution in [2.24, 2.45) is 17.3 Å². The molecule has 5 aromatic carbocycles. The van der Waals surface area contributed by atoms with Crippen LogP contribution in [0.5, 0.6) is 23.0 Å². The van der Waals surface area contributed by atoms with Gasteiger partial charge in [0.1, 0.15) is 12.4 Å². The topological polar surface area (TPSA) is 270 Å². The monoisotopic (exact) mass is 1380 g/mol. The zero-order valence-electron chi connectivity index (χ0n) is 58.3. The van der Waals surface area contributed by atoms with Crippen molar-refractivity contribution in [1.82, 2.24) is 25.4 Å². The van der Waals surface area contributed by atoms with Crippen LogP contribution in [-0.4, -0.2) is 138 Å². The van der Waals surface area contributed by atoms with Crippen molar-refractivity contribution in [3.8, 4) is 34.8 Å². The van der Waals surface area contributed by atoms with Crippen LogP contribution in [0.4, 0.5) is 16.2 Å². The smallest absolute Gasteiger partial charge is 0.416 e. The number of methoxy groups -OCH3 is 2. The van der Waals surface area contributed by atoms with Gasteiger partial charge in [0.05, 0.1) is 75.2 Å². The lowest BCUT2D eigenvalue weighted by Gasteiger charge is -2.31. The zero-order chi connectivity index (χ0) is 71.9. The molecule has 0 radical (unpaired) electrons. The van der Waals surface area contributed by atoms with Crippen LogP contribution >= 0.6 is 0 Å². The summed E-state index contributed by atoms with van der Waals surface area (Å²) in [5.74, 6) is 3.78. The first-order chi connectivity index (χ1) is 49.2. The number of Topliss-reactive ketones (excluding diaryl/α,β-unsaturated/α-hetero) is 3. The Bertz CT molecular complexity index is 4360. The summed E-state index contributed by atoms with van der Waals surface area (Å²) >= 11 is 0. The zero-order valence-corrected chi connectivity index (χ0v) is 58.3. The molecule has 1 saturated heterocycles. The predicted octanol–water partition coefficient (Wildman–Crippen LogP) is 9.97. The number of rotatable bonds is 27. The number of pyridine rings is 1. The SMILES string of the molecule is COc1cc2c(cc1OCCCOc1cc3c(cc1OC)C(=O)N1CC4(CC4)C[C@H]1C(O)N3C(=O)OCc1ccc(CC(=O)[C@H](C)NC(=O)[C@@H](CC(=O)CNC(=O)CCC(=O)CCC(=O)N3Cc4ccccc4C#Cc4ccccc43)C(C)C)cn1)CC[C@@H]1CC(c3ccc(C)cc3)=CN1C2=O. The van der Waals surface area contributed by atoms with Gasteiger partial charge in [-0.3, -0.25) is 43.3 Å². The molecule has 0 bridgehead atoms. The number of fused-ring (bicyclic) bond motifs is 6. The van der Waals surface area contributed by atoms with Gasteiger partial charge in [-0.2, -0.15) is 0 Å². The summed E-state index contributed by atoms with van der Waals surface area (Å²) in [6.45, 7) is 7.47. The molecule has 12 rings (SSSR count). The number of benzene rings is 5. The average molecular weight is 1380 g/mol. The van der Waals surface area contributed by atoms with E-state index in [0.717, 1.165) is 58.4 Å². The van der Waals surface area contributed by atoms with Gasteiger partial charge in [-0.15, -0.1) is 0 Å². The predicted molar refractivity (Wildman–Crippen MR) is 378 cm³/mol. The Labute approximate surface area is 593 Å². The second kappa shape index (κ2) is 31.1. The maximum Gasteiger partial charge on any atom is 0.416 e. The Hall–Kier alpha value is -10.7. The first-order valence-corrected chi connectivity index (χ1v) is 35.0. The Morgan fingerprint density at radius 2 is 1.44 bits per heavy atom. The van der Waals surface area contributed by atoms with Gasteiger partial charge in [0.25, 0.3) is 11.8 Å². The molecular weight excluding hydrogens is 1300 g/mol. The Morgan fingerprint density at radius 1 is 0.745 bits per heavy atom. The van der Waals surface area contributed by atoms with Crippen molar-refractivity contribution in [3.63, 3.8) is 0 Å². The Kier molecular flexibility index (Phi) is 21.7. The van der Waals surface area contributed by atoms with Crippen LogP contribution in [0, 0.1) is 36.0 Å². The normalized spacial score (nSPS) is 18.0. The number of hydrogen-bond donors (Lipinski definition) is 3. The largest absolute Gasteiger partial charge is 0.493 e. The fourth-order valence-electron chi connectivity index (χ4n) is 14.1. The maximum atomic E-state index is 14.5. The lowest BCUT2D eigenvalue weighted by Crippen LogP contribution is -2.50. The number of amides is 6. The molecule has 1 aliphatic carbocycles. The molecule has 3 N–H and O–H groups in total. The number of aliphatic hydroxyl groups excluding tert-OH is 1. The quantitative estimate of drug-likeness (QED) is 0.0320. The molecule has 2 fully saturated rings. The number of aromatic nitrogens is 1. The summed E-state index contributed by atoms with van der Waals surface area (Å²) < 4.78 is 30.0. The molecule has 1 aromatic heterocycles. The van der Waals surface area contributed by atoms with Gasteiger partial charge in [0.15, 0.2) is 40.8 Å². The maximum absolute atomic E-state index is 14.5. The van der Waals surface area contributed by atoms with Crippen LogP contribution in [-0.2, 0) is 59.5 Å². The van der Waals surface area contributed by atoms with E-state index in [1.54, 1.807) is 48.8 Å². The van der Waals surface area contributed by atoms with E-state index in [0.29, 0.717) is 65.4 Å². The van der Waals surface area contributed by atoms with Gasteiger partial charge in [-0.05, 0) is 134 Å². The molecule has 530 valence electrons. The summed E-state index contributed by atoms with van der Waals surface area (Å²) in [5, 5.41) is 17.5. The molecule has 6 amide bonds. The third-order valence-electron chi connectivity index (χ3n) is 20.3. The number of para-hydroxylation sites is 1. The molecular formula is C80H85N7O15. The van der Waals surface area contributed by atoms with E-state index in [1.165, 1.54) is 38.1 Å². The third kappa shape index (κ3) is 16.1. The number of aliphatic hydroxyl groups is 1. The second-order valence-electron chi connectivity index (χ2n) is 27.7. The van der Waals surface area contributed by atoms with Gasteiger partial charge < -0.3 is 54.1 Å². The van der Waals surface area contributed by atoms with Gasteiger partial charge in [0.2, 0.25) is 17.7 Å². The molecule has 6 aromatic rings. The van der Waals surface area contributed by atoms with E-state index in [2.05, 4.69) is 58.6 Å². The molecule has 5 aliphatic heterocycles. The summed E-state index contributed by atoms with van der Waals surface area (Å²) in [6, 6.07) is 31.5. The highest BCUT2D eigenvalue weighted by molar-refractivity contribution is 6.06. The molecule has 22 nitrogen and oxygen atoms in total. The molecule has 22 heteroatoms. The van der Waals surface area contributed by atoms with Crippen molar-refractivity contribution in [1.29, 1.82) is 0 Å². The van der Waals surface area contributed by atoms with E-state index in [-0.39, 0.29) is 141 Å². The van der Waals surface area contributed by atoms with E-state index in [9.17, 15) is 48.3 Å². The molecule has 1 unspecified atom stereocenters. The molecule has 1 spiro atoms. The first kappa shape index (κ1) is 71.2. The minimum Gasteiger partial charge on any atom is -0.493 e. The lowest BCUT2D eigenvalue weighted by atomic mass is 9.89. The van der Waals surface area contributed by atoms with Crippen LogP contribution in [0.25, 0.3) is 5.57 Å². The highest BCUT2D eigenvalue weighted by Crippen LogP contribution is 2.57. The van der Waals surface area contributed by atoms with Crippen LogP contribution < -0.4 is 39.4 Å². The summed E-state index contributed by atoms with van der Waals surface area (Å²) in [6.07, 6.45) is 5.09. The average Bonchev–Trinajstić information content (AvgIpc) is 1.51. The van der Waals surface area contributed by atoms with Gasteiger partial charge >= 0.3 is 6.09 Å². The van der Waals surface area contributed by atoms with E-state index >= 15 is 0 Å². The number of carbonyl (C=O) groups excluding carboxylic acids is 9. The molecule has 5 atom stereocenters. The van der Waals surface area contributed by atoms with Gasteiger partial charge in [-0.25, -0.2) is 9.69 Å². The molecule has 1 saturated carbocycles. The number of hydrogen-bond acceptors (Lipinski definition) is 16. The van der Waals surface area contributed by atoms with Crippen LogP contribution in [0.2, 0.25) is 0 Å². The molecule has 102 heavy (non-hydrogen) atoms. The highest BCUT2D eigenvalue weighted by atomic mass is 16.6. The van der Waals surface area contributed by atoms with Crippen LogP contribution in [0.3, 0.4) is 0 Å². The van der Waals surface area contributed by atoms with Crippen LogP contribution in [0.15, 0.2) is 122 Å². The number of ether oxygens (including phenoxy) is 5. The Balaban J connectivity index is 0.605. The van der Waals surface area contributed by atoms with Crippen molar-refractivity contribution in [2.45, 2.75) is 149 Å². The van der Waals surface area contributed by atoms with Gasteiger partial charge in [0, 0.05) is 98.6 Å². The minimum atomic E-state index is -1.50. The number of nitrogens with one attached hydrogen (secondary N) is 2. The van der Waals surface area contributed by atoms with Gasteiger partial charge in [-0.1, -0.05) is 91.9 Å². The van der Waals surface area contributed by atoms with Crippen LogP contribution in [0.1, 0.15) is 157 Å². The van der Waals surface area contributed by atoms with E-state index in [4.69, 9.17) is 23.7 Å². The fourth-order valence-corrected chi connectivity index (χ4v) is 14.1. The molecule has 6 aliphatic rings. The minimum absolute atomic E-state index is 0.0365. The second-order valence-corrected chi connectivity index (χ2v) is 27.7. The number of ketones is 3. The number of anilines is 2. The summed E-state index contributed by atoms with van der Waals surface area (Å²) in [4.78, 5) is 133. The van der Waals surface area contributed by atoms with Crippen molar-refractivity contribution in [2.75, 3.05) is 50.3 Å². The number of aryl methyl sites for hydroxylation is 2. The summed E-state index contributed by atoms with van der Waals surface area (Å²) in [5.41, 5.74) is 8.79.